The number of hydrogen-bond donors (Lipinski definition) is 1. The van der Waals surface area contributed by atoms with Gasteiger partial charge >= 0.3 is 0 Å². The van der Waals surface area contributed by atoms with Gasteiger partial charge in [0.2, 0.25) is 5.95 Å². The van der Waals surface area contributed by atoms with Crippen molar-refractivity contribution in [2.75, 3.05) is 11.9 Å². The fourth-order valence-corrected chi connectivity index (χ4v) is 1.64. The summed E-state index contributed by atoms with van der Waals surface area (Å²) in [6.07, 6.45) is 3.73. The van der Waals surface area contributed by atoms with Crippen LogP contribution in [-0.2, 0) is 13.6 Å². The Morgan fingerprint density at radius 3 is 2.69 bits per heavy atom. The predicted molar refractivity (Wildman–Crippen MR) is 62.1 cm³/mol. The molecular formula is C10H16N6. The number of hydrogen-bond acceptors (Lipinski definition) is 4. The Morgan fingerprint density at radius 1 is 1.31 bits per heavy atom. The Balaban J connectivity index is 2.41. The van der Waals surface area contributed by atoms with Gasteiger partial charge in [-0.1, -0.05) is 0 Å². The Hall–Kier alpha value is -1.85. The molecule has 0 amide bonds. The zero-order valence-corrected chi connectivity index (χ0v) is 9.80. The van der Waals surface area contributed by atoms with Crippen molar-refractivity contribution in [3.05, 3.63) is 12.4 Å². The summed E-state index contributed by atoms with van der Waals surface area (Å²) in [7, 11) is 1.89. The molecule has 2 aromatic heterocycles. The van der Waals surface area contributed by atoms with Crippen molar-refractivity contribution < 1.29 is 0 Å². The fraction of sp³-hybridized carbons (Fsp3) is 0.500. The second-order valence-electron chi connectivity index (χ2n) is 3.52. The summed E-state index contributed by atoms with van der Waals surface area (Å²) < 4.78 is 3.80. The molecular weight excluding hydrogens is 204 g/mol. The zero-order chi connectivity index (χ0) is 11.5. The van der Waals surface area contributed by atoms with Crippen LogP contribution in [0.2, 0.25) is 0 Å². The van der Waals surface area contributed by atoms with Gasteiger partial charge in [-0.15, -0.1) is 10.2 Å². The molecule has 0 saturated heterocycles. The third kappa shape index (κ3) is 1.78. The molecule has 6 nitrogen and oxygen atoms in total. The van der Waals surface area contributed by atoms with Crippen LogP contribution in [0.4, 0.5) is 5.95 Å². The molecule has 0 aliphatic carbocycles. The topological polar surface area (TPSA) is 60.6 Å². The van der Waals surface area contributed by atoms with Gasteiger partial charge in [-0.3, -0.25) is 9.25 Å². The van der Waals surface area contributed by atoms with Crippen LogP contribution in [0.5, 0.6) is 0 Å². The highest BCUT2D eigenvalue weighted by Crippen LogP contribution is 2.19. The minimum atomic E-state index is 0.809. The average molecular weight is 220 g/mol. The van der Waals surface area contributed by atoms with Gasteiger partial charge in [-0.05, 0) is 13.8 Å². The van der Waals surface area contributed by atoms with E-state index in [0.717, 1.165) is 30.4 Å². The molecule has 0 aromatic carbocycles. The van der Waals surface area contributed by atoms with Gasteiger partial charge < -0.3 is 5.32 Å². The van der Waals surface area contributed by atoms with E-state index in [9.17, 15) is 0 Å². The van der Waals surface area contributed by atoms with Crippen LogP contribution in [0.3, 0.4) is 0 Å². The van der Waals surface area contributed by atoms with Gasteiger partial charge in [-0.25, -0.2) is 0 Å². The Morgan fingerprint density at radius 2 is 2.12 bits per heavy atom. The van der Waals surface area contributed by atoms with E-state index in [1.807, 2.05) is 24.7 Å². The second-order valence-corrected chi connectivity index (χ2v) is 3.52. The van der Waals surface area contributed by atoms with Crippen LogP contribution in [0, 0.1) is 0 Å². The number of aromatic nitrogens is 5. The smallest absolute Gasteiger partial charge is 0.224 e. The van der Waals surface area contributed by atoms with E-state index in [4.69, 9.17) is 0 Å². The summed E-state index contributed by atoms with van der Waals surface area (Å²) >= 11 is 0. The number of nitrogens with one attached hydrogen (secondary N) is 1. The Labute approximate surface area is 94.3 Å². The van der Waals surface area contributed by atoms with Crippen molar-refractivity contribution >= 4 is 5.95 Å². The van der Waals surface area contributed by atoms with Crippen molar-refractivity contribution in [1.29, 1.82) is 0 Å². The third-order valence-corrected chi connectivity index (χ3v) is 2.36. The number of anilines is 1. The van der Waals surface area contributed by atoms with E-state index in [-0.39, 0.29) is 0 Å². The fourth-order valence-electron chi connectivity index (χ4n) is 1.64. The zero-order valence-electron chi connectivity index (χ0n) is 9.80. The molecule has 86 valence electrons. The standard InChI is InChI=1S/C10H16N6/c1-4-11-10-14-13-9(16(10)5-2)8-6-12-15(3)7-8/h6-7H,4-5H2,1-3H3,(H,11,14). The molecule has 0 aliphatic rings. The summed E-state index contributed by atoms with van der Waals surface area (Å²) in [5, 5.41) is 15.6. The van der Waals surface area contributed by atoms with Crippen LogP contribution in [0.1, 0.15) is 13.8 Å². The first-order valence-electron chi connectivity index (χ1n) is 5.42. The van der Waals surface area contributed by atoms with Gasteiger partial charge in [0, 0.05) is 26.3 Å². The van der Waals surface area contributed by atoms with Crippen molar-refractivity contribution in [2.45, 2.75) is 20.4 Å². The second kappa shape index (κ2) is 4.34. The van der Waals surface area contributed by atoms with Gasteiger partial charge in [0.05, 0.1) is 11.8 Å². The van der Waals surface area contributed by atoms with Crippen molar-refractivity contribution in [3.8, 4) is 11.4 Å². The minimum Gasteiger partial charge on any atom is -0.355 e. The highest BCUT2D eigenvalue weighted by molar-refractivity contribution is 5.55. The van der Waals surface area contributed by atoms with Crippen LogP contribution >= 0.6 is 0 Å². The lowest BCUT2D eigenvalue weighted by molar-refractivity contribution is 0.764. The van der Waals surface area contributed by atoms with Gasteiger partial charge in [0.1, 0.15) is 0 Å². The van der Waals surface area contributed by atoms with E-state index in [1.54, 1.807) is 10.9 Å². The Bertz CT molecular complexity index is 469. The molecule has 2 heterocycles. The van der Waals surface area contributed by atoms with Crippen molar-refractivity contribution in [2.24, 2.45) is 7.05 Å². The summed E-state index contributed by atoms with van der Waals surface area (Å²) in [6, 6.07) is 0. The van der Waals surface area contributed by atoms with E-state index >= 15 is 0 Å². The molecule has 0 unspecified atom stereocenters. The van der Waals surface area contributed by atoms with Crippen molar-refractivity contribution in [3.63, 3.8) is 0 Å². The first-order valence-corrected chi connectivity index (χ1v) is 5.42. The third-order valence-electron chi connectivity index (χ3n) is 2.36. The Kier molecular flexibility index (Phi) is 2.89. The molecule has 1 N–H and O–H groups in total. The lowest BCUT2D eigenvalue weighted by Crippen LogP contribution is -2.06. The summed E-state index contributed by atoms with van der Waals surface area (Å²) in [5.41, 5.74) is 0.987. The summed E-state index contributed by atoms with van der Waals surface area (Å²) in [6.45, 7) is 5.78. The monoisotopic (exact) mass is 220 g/mol. The summed E-state index contributed by atoms with van der Waals surface area (Å²) in [5.74, 6) is 1.66. The quantitative estimate of drug-likeness (QED) is 0.839. The molecule has 0 spiro atoms. The van der Waals surface area contributed by atoms with E-state index in [1.165, 1.54) is 0 Å². The van der Waals surface area contributed by atoms with E-state index < -0.39 is 0 Å². The predicted octanol–water partition coefficient (Wildman–Crippen LogP) is 1.13. The first kappa shape index (κ1) is 10.7. The SMILES string of the molecule is CCNc1nnc(-c2cnn(C)c2)n1CC. The maximum Gasteiger partial charge on any atom is 0.224 e. The maximum absolute atomic E-state index is 4.19. The van der Waals surface area contributed by atoms with Crippen molar-refractivity contribution in [1.82, 2.24) is 24.5 Å². The van der Waals surface area contributed by atoms with Crippen LogP contribution in [0.25, 0.3) is 11.4 Å². The number of nitrogens with zero attached hydrogens (tertiary/aromatic N) is 5. The molecule has 0 saturated carbocycles. The van der Waals surface area contributed by atoms with E-state index in [0.29, 0.717) is 0 Å². The minimum absolute atomic E-state index is 0.809. The van der Waals surface area contributed by atoms with Crippen LogP contribution in [-0.4, -0.2) is 31.1 Å². The molecule has 16 heavy (non-hydrogen) atoms. The molecule has 6 heteroatoms. The molecule has 2 aromatic rings. The van der Waals surface area contributed by atoms with E-state index in [2.05, 4.69) is 27.5 Å². The average Bonchev–Trinajstić information content (AvgIpc) is 2.85. The highest BCUT2D eigenvalue weighted by Gasteiger charge is 2.12. The highest BCUT2D eigenvalue weighted by atomic mass is 15.4. The summed E-state index contributed by atoms with van der Waals surface area (Å²) in [4.78, 5) is 0. The number of rotatable bonds is 4. The molecule has 2 rings (SSSR count). The van der Waals surface area contributed by atoms with Gasteiger partial charge in [0.15, 0.2) is 5.82 Å². The molecule has 0 atom stereocenters. The van der Waals surface area contributed by atoms with Gasteiger partial charge in [0.25, 0.3) is 0 Å². The molecule has 0 bridgehead atoms. The van der Waals surface area contributed by atoms with Crippen LogP contribution in [0.15, 0.2) is 12.4 Å². The van der Waals surface area contributed by atoms with Gasteiger partial charge in [-0.2, -0.15) is 5.10 Å². The largest absolute Gasteiger partial charge is 0.355 e. The normalized spacial score (nSPS) is 10.7. The molecule has 0 radical (unpaired) electrons. The lowest BCUT2D eigenvalue weighted by Gasteiger charge is -2.06. The maximum atomic E-state index is 4.19. The molecule has 0 fully saturated rings. The molecule has 0 aliphatic heterocycles. The first-order chi connectivity index (χ1) is 7.76. The van der Waals surface area contributed by atoms with Crippen LogP contribution < -0.4 is 5.32 Å². The number of aryl methyl sites for hydroxylation is 1. The lowest BCUT2D eigenvalue weighted by atomic mass is 10.3.